The molecule has 0 aromatic carbocycles. The van der Waals surface area contributed by atoms with Gasteiger partial charge in [-0.15, -0.1) is 0 Å². The molecule has 0 saturated carbocycles. The molecule has 11 heavy (non-hydrogen) atoms. The molecular formula is C9H12O2. The first-order valence-corrected chi connectivity index (χ1v) is 3.53. The fourth-order valence-corrected chi connectivity index (χ4v) is 0.615. The minimum Gasteiger partial charge on any atom is -0.298 e. The summed E-state index contributed by atoms with van der Waals surface area (Å²) in [6.45, 7) is 3.48. The second-order valence-corrected chi connectivity index (χ2v) is 2.49. The van der Waals surface area contributed by atoms with Crippen molar-refractivity contribution in [1.82, 2.24) is 0 Å². The molecule has 0 unspecified atom stereocenters. The van der Waals surface area contributed by atoms with Crippen molar-refractivity contribution < 1.29 is 9.59 Å². The van der Waals surface area contributed by atoms with Crippen LogP contribution in [0.3, 0.4) is 0 Å². The van der Waals surface area contributed by atoms with Gasteiger partial charge < -0.3 is 0 Å². The highest BCUT2D eigenvalue weighted by Gasteiger charge is 1.88. The van der Waals surface area contributed by atoms with Crippen LogP contribution >= 0.6 is 0 Å². The van der Waals surface area contributed by atoms with Gasteiger partial charge >= 0.3 is 0 Å². The SMILES string of the molecule is CC(=C=O)CCC=C(C)C=O. The van der Waals surface area contributed by atoms with Gasteiger partial charge in [0.05, 0.1) is 0 Å². The van der Waals surface area contributed by atoms with Crippen LogP contribution in [-0.2, 0) is 9.59 Å². The van der Waals surface area contributed by atoms with E-state index in [-0.39, 0.29) is 0 Å². The summed E-state index contributed by atoms with van der Waals surface area (Å²) in [6, 6.07) is 0. The number of allylic oxidation sites excluding steroid dienone is 3. The molecule has 0 aliphatic carbocycles. The zero-order valence-corrected chi connectivity index (χ0v) is 6.89. The number of aldehydes is 1. The van der Waals surface area contributed by atoms with Gasteiger partial charge in [0.15, 0.2) is 0 Å². The highest BCUT2D eigenvalue weighted by Crippen LogP contribution is 2.02. The van der Waals surface area contributed by atoms with Crippen molar-refractivity contribution in [3.8, 4) is 0 Å². The van der Waals surface area contributed by atoms with Crippen molar-refractivity contribution in [2.24, 2.45) is 0 Å². The van der Waals surface area contributed by atoms with Gasteiger partial charge in [-0.2, -0.15) is 0 Å². The Bertz CT molecular complexity index is 208. The zero-order chi connectivity index (χ0) is 8.69. The molecule has 0 aromatic rings. The summed E-state index contributed by atoms with van der Waals surface area (Å²) in [5, 5.41) is 0. The fourth-order valence-electron chi connectivity index (χ4n) is 0.615. The van der Waals surface area contributed by atoms with E-state index < -0.39 is 0 Å². The maximum Gasteiger partial charge on any atom is 0.145 e. The second-order valence-electron chi connectivity index (χ2n) is 2.49. The van der Waals surface area contributed by atoms with Crippen LogP contribution in [-0.4, -0.2) is 12.2 Å². The monoisotopic (exact) mass is 152 g/mol. The Morgan fingerprint density at radius 2 is 2.09 bits per heavy atom. The molecule has 0 aliphatic rings. The van der Waals surface area contributed by atoms with Gasteiger partial charge in [0, 0.05) is 5.57 Å². The second kappa shape index (κ2) is 5.63. The average molecular weight is 152 g/mol. The van der Waals surface area contributed by atoms with Crippen LogP contribution in [0.15, 0.2) is 17.2 Å². The smallest absolute Gasteiger partial charge is 0.145 e. The van der Waals surface area contributed by atoms with Crippen LogP contribution in [0, 0.1) is 0 Å². The Balaban J connectivity index is 3.73. The Labute approximate surface area is 66.6 Å². The van der Waals surface area contributed by atoms with Crippen LogP contribution < -0.4 is 0 Å². The van der Waals surface area contributed by atoms with Gasteiger partial charge in [-0.25, -0.2) is 4.79 Å². The van der Waals surface area contributed by atoms with Gasteiger partial charge in [0.2, 0.25) is 0 Å². The van der Waals surface area contributed by atoms with Crippen LogP contribution in [0.2, 0.25) is 0 Å². The fraction of sp³-hybridized carbons (Fsp3) is 0.444. The van der Waals surface area contributed by atoms with E-state index in [1.807, 2.05) is 6.08 Å². The molecule has 0 spiro atoms. The first-order chi connectivity index (χ1) is 5.20. The average Bonchev–Trinajstić information content (AvgIpc) is 2.04. The largest absolute Gasteiger partial charge is 0.298 e. The molecule has 2 nitrogen and oxygen atoms in total. The van der Waals surface area contributed by atoms with Crippen LogP contribution in [0.25, 0.3) is 0 Å². The predicted molar refractivity (Wildman–Crippen MR) is 43.9 cm³/mol. The minimum absolute atomic E-state index is 0.689. The molecule has 0 aliphatic heterocycles. The first-order valence-electron chi connectivity index (χ1n) is 3.53. The summed E-state index contributed by atoms with van der Waals surface area (Å²) in [6.07, 6.45) is 4.05. The normalized spacial score (nSPS) is 10.5. The molecule has 0 saturated heterocycles. The Hall–Kier alpha value is -1.14. The number of carbonyl (C=O) groups excluding carboxylic acids is 2. The lowest BCUT2D eigenvalue weighted by molar-refractivity contribution is -0.104. The molecule has 0 N–H and O–H groups in total. The van der Waals surface area contributed by atoms with Crippen molar-refractivity contribution >= 4 is 12.2 Å². The lowest BCUT2D eigenvalue weighted by Gasteiger charge is -1.90. The molecule has 2 heteroatoms. The number of hydrogen-bond acceptors (Lipinski definition) is 2. The third-order valence-corrected chi connectivity index (χ3v) is 1.35. The van der Waals surface area contributed by atoms with Crippen LogP contribution in [0.4, 0.5) is 0 Å². The predicted octanol–water partition coefficient (Wildman–Crippen LogP) is 1.69. The lowest BCUT2D eigenvalue weighted by Crippen LogP contribution is -1.79. The van der Waals surface area contributed by atoms with Crippen molar-refractivity contribution in [1.29, 1.82) is 0 Å². The number of hydrogen-bond donors (Lipinski definition) is 0. The molecule has 0 atom stereocenters. The summed E-state index contributed by atoms with van der Waals surface area (Å²) in [5.41, 5.74) is 1.41. The molecule has 60 valence electrons. The summed E-state index contributed by atoms with van der Waals surface area (Å²) >= 11 is 0. The molecule has 0 bridgehead atoms. The Morgan fingerprint density at radius 3 is 2.55 bits per heavy atom. The Morgan fingerprint density at radius 1 is 1.45 bits per heavy atom. The van der Waals surface area contributed by atoms with E-state index in [1.165, 1.54) is 0 Å². The van der Waals surface area contributed by atoms with Crippen molar-refractivity contribution in [3.05, 3.63) is 17.2 Å². The summed E-state index contributed by atoms with van der Waals surface area (Å²) in [4.78, 5) is 20.1. The van der Waals surface area contributed by atoms with Crippen molar-refractivity contribution in [2.45, 2.75) is 26.7 Å². The van der Waals surface area contributed by atoms with Crippen molar-refractivity contribution in [3.63, 3.8) is 0 Å². The molecule has 0 rings (SSSR count). The molecule has 0 amide bonds. The highest BCUT2D eigenvalue weighted by atomic mass is 16.1. The maximum absolute atomic E-state index is 10.1. The van der Waals surface area contributed by atoms with Gasteiger partial charge in [-0.1, -0.05) is 6.08 Å². The Kier molecular flexibility index (Phi) is 5.05. The summed E-state index contributed by atoms with van der Waals surface area (Å²) in [7, 11) is 0. The lowest BCUT2D eigenvalue weighted by atomic mass is 10.1. The van der Waals surface area contributed by atoms with Crippen LogP contribution in [0.5, 0.6) is 0 Å². The molecule has 0 radical (unpaired) electrons. The van der Waals surface area contributed by atoms with Gasteiger partial charge in [0.25, 0.3) is 0 Å². The summed E-state index contributed by atoms with van der Waals surface area (Å²) < 4.78 is 0. The van der Waals surface area contributed by atoms with Crippen LogP contribution in [0.1, 0.15) is 26.7 Å². The van der Waals surface area contributed by atoms with E-state index in [0.29, 0.717) is 17.6 Å². The number of rotatable bonds is 4. The zero-order valence-electron chi connectivity index (χ0n) is 6.89. The molecule has 0 fully saturated rings. The quantitative estimate of drug-likeness (QED) is 0.349. The van der Waals surface area contributed by atoms with E-state index in [1.54, 1.807) is 19.8 Å². The maximum atomic E-state index is 10.1. The van der Waals surface area contributed by atoms with E-state index >= 15 is 0 Å². The topological polar surface area (TPSA) is 34.1 Å². The van der Waals surface area contributed by atoms with Gasteiger partial charge in [-0.05, 0) is 32.3 Å². The standard InChI is InChI=1S/C9H12O2/c1-8(6-10)4-3-5-9(2)7-11/h4,6H,3,5H2,1-2H3. The van der Waals surface area contributed by atoms with Gasteiger partial charge in [-0.3, -0.25) is 4.79 Å². The van der Waals surface area contributed by atoms with E-state index in [2.05, 4.69) is 0 Å². The molecular weight excluding hydrogens is 140 g/mol. The third kappa shape index (κ3) is 5.31. The van der Waals surface area contributed by atoms with E-state index in [4.69, 9.17) is 0 Å². The summed E-state index contributed by atoms with van der Waals surface area (Å²) in [5.74, 6) is 1.81. The van der Waals surface area contributed by atoms with Crippen molar-refractivity contribution in [2.75, 3.05) is 0 Å². The first kappa shape index (κ1) is 9.86. The highest BCUT2D eigenvalue weighted by molar-refractivity contribution is 5.71. The number of carbonyl (C=O) groups is 1. The van der Waals surface area contributed by atoms with E-state index in [0.717, 1.165) is 12.7 Å². The van der Waals surface area contributed by atoms with Gasteiger partial charge in [0.1, 0.15) is 12.2 Å². The van der Waals surface area contributed by atoms with E-state index in [9.17, 15) is 9.59 Å². The third-order valence-electron chi connectivity index (χ3n) is 1.35. The molecule has 0 aromatic heterocycles. The molecule has 0 heterocycles. The minimum atomic E-state index is 0.689.